The molecule has 0 heterocycles. The first kappa shape index (κ1) is 12.0. The molecule has 12 heavy (non-hydrogen) atoms. The normalized spacial score (nSPS) is 16.0. The van der Waals surface area contributed by atoms with Crippen molar-refractivity contribution in [1.29, 1.82) is 0 Å². The van der Waals surface area contributed by atoms with Gasteiger partial charge in [-0.15, -0.1) is 0 Å². The molecule has 0 fully saturated rings. The van der Waals surface area contributed by atoms with Crippen molar-refractivity contribution in [2.45, 2.75) is 59.3 Å². The zero-order valence-electron chi connectivity index (χ0n) is 9.10. The monoisotopic (exact) mass is 169 g/mol. The SMILES string of the molecule is [CH2]CCCCCC(C)C(C)CC. The van der Waals surface area contributed by atoms with Crippen LogP contribution in [0.4, 0.5) is 0 Å². The van der Waals surface area contributed by atoms with Crippen LogP contribution in [0.3, 0.4) is 0 Å². The van der Waals surface area contributed by atoms with Crippen LogP contribution in [-0.2, 0) is 0 Å². The molecule has 0 saturated heterocycles. The minimum absolute atomic E-state index is 0.907. The molecule has 0 aromatic heterocycles. The van der Waals surface area contributed by atoms with Gasteiger partial charge in [-0.2, -0.15) is 0 Å². The number of unbranched alkanes of at least 4 members (excludes halogenated alkanes) is 3. The summed E-state index contributed by atoms with van der Waals surface area (Å²) in [6, 6.07) is 0. The third-order valence-corrected chi connectivity index (χ3v) is 3.02. The predicted octanol–water partition coefficient (Wildman–Crippen LogP) is 4.45. The fourth-order valence-corrected chi connectivity index (χ4v) is 1.51. The van der Waals surface area contributed by atoms with Gasteiger partial charge in [0.1, 0.15) is 0 Å². The van der Waals surface area contributed by atoms with Gasteiger partial charge in [-0.05, 0) is 11.8 Å². The molecular weight excluding hydrogens is 144 g/mol. The van der Waals surface area contributed by atoms with Crippen LogP contribution in [0.2, 0.25) is 0 Å². The lowest BCUT2D eigenvalue weighted by molar-refractivity contribution is 0.343. The molecule has 0 spiro atoms. The standard InChI is InChI=1S/C12H25/c1-5-7-8-9-10-12(4)11(3)6-2/h11-12H,1,5-10H2,2-4H3. The summed E-state index contributed by atoms with van der Waals surface area (Å²) < 4.78 is 0. The second kappa shape index (κ2) is 7.64. The van der Waals surface area contributed by atoms with E-state index in [0.717, 1.165) is 18.3 Å². The Morgan fingerprint density at radius 3 is 2.17 bits per heavy atom. The molecule has 0 aliphatic heterocycles. The van der Waals surface area contributed by atoms with Gasteiger partial charge in [-0.25, -0.2) is 0 Å². The molecule has 0 rings (SSSR count). The first-order chi connectivity index (χ1) is 5.72. The topological polar surface area (TPSA) is 0 Å². The summed E-state index contributed by atoms with van der Waals surface area (Å²) in [7, 11) is 0. The predicted molar refractivity (Wildman–Crippen MR) is 57.1 cm³/mol. The van der Waals surface area contributed by atoms with Crippen LogP contribution in [-0.4, -0.2) is 0 Å². The lowest BCUT2D eigenvalue weighted by atomic mass is 9.89. The third-order valence-electron chi connectivity index (χ3n) is 3.02. The van der Waals surface area contributed by atoms with Crippen LogP contribution in [0, 0.1) is 18.8 Å². The molecule has 0 aromatic carbocycles. The Balaban J connectivity index is 3.24. The molecule has 0 heteroatoms. The number of hydrogen-bond donors (Lipinski definition) is 0. The molecule has 0 aromatic rings. The average molecular weight is 169 g/mol. The van der Waals surface area contributed by atoms with Gasteiger partial charge in [-0.1, -0.05) is 66.2 Å². The molecule has 0 aliphatic carbocycles. The summed E-state index contributed by atoms with van der Waals surface area (Å²) in [5.41, 5.74) is 0. The van der Waals surface area contributed by atoms with Crippen molar-refractivity contribution < 1.29 is 0 Å². The van der Waals surface area contributed by atoms with E-state index in [9.17, 15) is 0 Å². The highest BCUT2D eigenvalue weighted by Crippen LogP contribution is 2.20. The molecule has 73 valence electrons. The molecule has 0 N–H and O–H groups in total. The summed E-state index contributed by atoms with van der Waals surface area (Å²) in [5.74, 6) is 1.82. The molecule has 2 unspecified atom stereocenters. The summed E-state index contributed by atoms with van der Waals surface area (Å²) in [6.45, 7) is 10.9. The van der Waals surface area contributed by atoms with Crippen molar-refractivity contribution in [2.24, 2.45) is 11.8 Å². The summed E-state index contributed by atoms with van der Waals surface area (Å²) >= 11 is 0. The van der Waals surface area contributed by atoms with Gasteiger partial charge in [0.25, 0.3) is 0 Å². The van der Waals surface area contributed by atoms with E-state index in [4.69, 9.17) is 0 Å². The fourth-order valence-electron chi connectivity index (χ4n) is 1.51. The van der Waals surface area contributed by atoms with E-state index in [2.05, 4.69) is 27.7 Å². The largest absolute Gasteiger partial charge is 0.0651 e. The van der Waals surface area contributed by atoms with E-state index in [-0.39, 0.29) is 0 Å². The second-order valence-corrected chi connectivity index (χ2v) is 4.07. The minimum atomic E-state index is 0.907. The highest BCUT2D eigenvalue weighted by Gasteiger charge is 2.08. The zero-order chi connectivity index (χ0) is 9.40. The van der Waals surface area contributed by atoms with Crippen molar-refractivity contribution in [3.63, 3.8) is 0 Å². The van der Waals surface area contributed by atoms with Crippen LogP contribution in [0.25, 0.3) is 0 Å². The molecule has 0 amide bonds. The average Bonchev–Trinajstić information content (AvgIpc) is 2.10. The Hall–Kier alpha value is 0. The third kappa shape index (κ3) is 5.62. The van der Waals surface area contributed by atoms with E-state index in [1.807, 2.05) is 0 Å². The highest BCUT2D eigenvalue weighted by atomic mass is 14.1. The van der Waals surface area contributed by atoms with Gasteiger partial charge >= 0.3 is 0 Å². The summed E-state index contributed by atoms with van der Waals surface area (Å²) in [6.07, 6.45) is 7.95. The van der Waals surface area contributed by atoms with E-state index in [1.54, 1.807) is 0 Å². The van der Waals surface area contributed by atoms with Gasteiger partial charge in [0.05, 0.1) is 0 Å². The summed E-state index contributed by atoms with van der Waals surface area (Å²) in [5, 5.41) is 0. The van der Waals surface area contributed by atoms with Crippen molar-refractivity contribution >= 4 is 0 Å². The smallest absolute Gasteiger partial charge is 0.0417 e. The van der Waals surface area contributed by atoms with Crippen LogP contribution in [0.5, 0.6) is 0 Å². The maximum Gasteiger partial charge on any atom is -0.0417 e. The van der Waals surface area contributed by atoms with Gasteiger partial charge in [0, 0.05) is 0 Å². The van der Waals surface area contributed by atoms with E-state index < -0.39 is 0 Å². The van der Waals surface area contributed by atoms with Crippen LogP contribution in [0.1, 0.15) is 59.3 Å². The van der Waals surface area contributed by atoms with Crippen molar-refractivity contribution in [1.82, 2.24) is 0 Å². The Labute approximate surface area is 78.8 Å². The Morgan fingerprint density at radius 2 is 1.67 bits per heavy atom. The lowest BCUT2D eigenvalue weighted by Crippen LogP contribution is -2.06. The zero-order valence-corrected chi connectivity index (χ0v) is 9.10. The Bertz CT molecular complexity index is 86.0. The fraction of sp³-hybridized carbons (Fsp3) is 0.917. The van der Waals surface area contributed by atoms with E-state index in [1.165, 1.54) is 32.1 Å². The Kier molecular flexibility index (Phi) is 7.64. The lowest BCUT2D eigenvalue weighted by Gasteiger charge is -2.17. The molecule has 0 nitrogen and oxygen atoms in total. The second-order valence-electron chi connectivity index (χ2n) is 4.07. The quantitative estimate of drug-likeness (QED) is 0.494. The van der Waals surface area contributed by atoms with Gasteiger partial charge in [-0.3, -0.25) is 0 Å². The number of hydrogen-bond acceptors (Lipinski definition) is 0. The van der Waals surface area contributed by atoms with Crippen LogP contribution in [0.15, 0.2) is 0 Å². The van der Waals surface area contributed by atoms with Gasteiger partial charge in [0.15, 0.2) is 0 Å². The molecule has 1 radical (unpaired) electrons. The molecular formula is C12H25. The first-order valence-electron chi connectivity index (χ1n) is 5.51. The van der Waals surface area contributed by atoms with E-state index >= 15 is 0 Å². The number of rotatable bonds is 7. The first-order valence-corrected chi connectivity index (χ1v) is 5.51. The minimum Gasteiger partial charge on any atom is -0.0651 e. The van der Waals surface area contributed by atoms with E-state index in [0.29, 0.717) is 0 Å². The van der Waals surface area contributed by atoms with Crippen LogP contribution < -0.4 is 0 Å². The molecule has 2 atom stereocenters. The molecule has 0 bridgehead atoms. The maximum atomic E-state index is 3.85. The van der Waals surface area contributed by atoms with Gasteiger partial charge < -0.3 is 0 Å². The molecule has 0 aliphatic rings. The summed E-state index contributed by atoms with van der Waals surface area (Å²) in [4.78, 5) is 0. The van der Waals surface area contributed by atoms with Crippen molar-refractivity contribution in [2.75, 3.05) is 0 Å². The van der Waals surface area contributed by atoms with Crippen molar-refractivity contribution in [3.8, 4) is 0 Å². The van der Waals surface area contributed by atoms with Crippen molar-refractivity contribution in [3.05, 3.63) is 6.92 Å². The highest BCUT2D eigenvalue weighted by molar-refractivity contribution is 4.60. The molecule has 0 saturated carbocycles. The maximum absolute atomic E-state index is 3.85. The Morgan fingerprint density at radius 1 is 1.00 bits per heavy atom. The van der Waals surface area contributed by atoms with Crippen LogP contribution >= 0.6 is 0 Å². The van der Waals surface area contributed by atoms with Gasteiger partial charge in [0.2, 0.25) is 0 Å².